The van der Waals surface area contributed by atoms with Gasteiger partial charge in [0.1, 0.15) is 5.75 Å². The fraction of sp³-hybridized carbons (Fsp3) is 0.208. The Balaban J connectivity index is 1.59. The molecule has 0 spiro atoms. The van der Waals surface area contributed by atoms with E-state index in [1.165, 1.54) is 6.07 Å². The van der Waals surface area contributed by atoms with Gasteiger partial charge < -0.3 is 9.64 Å². The number of carbonyl (C=O) groups excluding carboxylic acids is 3. The minimum absolute atomic E-state index is 0.168. The highest BCUT2D eigenvalue weighted by Crippen LogP contribution is 2.30. The lowest BCUT2D eigenvalue weighted by Crippen LogP contribution is -2.30. The molecule has 158 valence electrons. The van der Waals surface area contributed by atoms with Crippen molar-refractivity contribution < 1.29 is 19.1 Å². The van der Waals surface area contributed by atoms with E-state index in [2.05, 4.69) is 0 Å². The van der Waals surface area contributed by atoms with Gasteiger partial charge in [-0.15, -0.1) is 11.3 Å². The summed E-state index contributed by atoms with van der Waals surface area (Å²) in [6.07, 6.45) is 0. The molecule has 0 saturated carbocycles. The van der Waals surface area contributed by atoms with E-state index >= 15 is 0 Å². The number of ether oxygens (including phenoxy) is 1. The van der Waals surface area contributed by atoms with Crippen molar-refractivity contribution in [3.63, 3.8) is 0 Å². The Morgan fingerprint density at radius 1 is 1.00 bits per heavy atom. The zero-order valence-corrected chi connectivity index (χ0v) is 18.1. The zero-order valence-electron chi connectivity index (χ0n) is 17.3. The van der Waals surface area contributed by atoms with E-state index in [4.69, 9.17) is 4.74 Å². The van der Waals surface area contributed by atoms with Crippen LogP contribution in [0.2, 0.25) is 0 Å². The highest BCUT2D eigenvalue weighted by Gasteiger charge is 2.37. The average Bonchev–Trinajstić information content (AvgIpc) is 3.39. The van der Waals surface area contributed by atoms with Crippen molar-refractivity contribution in [3.8, 4) is 5.75 Å². The first-order valence-corrected chi connectivity index (χ1v) is 11.0. The Hall–Kier alpha value is -3.45. The van der Waals surface area contributed by atoms with Gasteiger partial charge in [-0.3, -0.25) is 14.4 Å². The quantitative estimate of drug-likeness (QED) is 0.510. The summed E-state index contributed by atoms with van der Waals surface area (Å²) >= 11 is 1.59. The highest BCUT2D eigenvalue weighted by atomic mass is 32.1. The Morgan fingerprint density at radius 3 is 2.39 bits per heavy atom. The lowest BCUT2D eigenvalue weighted by Gasteiger charge is -2.20. The molecule has 1 aliphatic heterocycles. The van der Waals surface area contributed by atoms with Crippen molar-refractivity contribution in [1.82, 2.24) is 4.90 Å². The molecule has 1 aliphatic rings. The van der Waals surface area contributed by atoms with E-state index in [0.717, 1.165) is 9.78 Å². The van der Waals surface area contributed by atoms with Crippen molar-refractivity contribution in [2.24, 2.45) is 0 Å². The number of anilines is 1. The minimum atomic E-state index is -0.430. The van der Waals surface area contributed by atoms with Crippen LogP contribution in [0.4, 0.5) is 5.69 Å². The monoisotopic (exact) mass is 434 g/mol. The molecule has 1 aromatic heterocycles. The topological polar surface area (TPSA) is 66.9 Å². The third-order valence-corrected chi connectivity index (χ3v) is 6.00. The first-order valence-electron chi connectivity index (χ1n) is 10.1. The number of amides is 3. The molecular formula is C24H22N2O4S. The summed E-state index contributed by atoms with van der Waals surface area (Å²) in [5.74, 6) is -0.325. The third kappa shape index (κ3) is 3.96. The number of rotatable bonds is 7. The van der Waals surface area contributed by atoms with E-state index in [9.17, 15) is 14.4 Å². The lowest BCUT2D eigenvalue weighted by molar-refractivity contribution is 0.0753. The van der Waals surface area contributed by atoms with Gasteiger partial charge in [0.15, 0.2) is 0 Å². The fourth-order valence-corrected chi connectivity index (χ4v) is 4.29. The Morgan fingerprint density at radius 2 is 1.74 bits per heavy atom. The number of benzene rings is 2. The molecule has 4 rings (SSSR count). The number of fused-ring (bicyclic) bond motifs is 1. The molecule has 31 heavy (non-hydrogen) atoms. The number of hydrogen-bond donors (Lipinski definition) is 0. The summed E-state index contributed by atoms with van der Waals surface area (Å²) in [7, 11) is 0. The van der Waals surface area contributed by atoms with Crippen molar-refractivity contribution >= 4 is 34.7 Å². The Bertz CT molecular complexity index is 1120. The van der Waals surface area contributed by atoms with Crippen LogP contribution in [0.5, 0.6) is 5.75 Å². The maximum absolute atomic E-state index is 13.0. The van der Waals surface area contributed by atoms with Crippen LogP contribution in [0.25, 0.3) is 0 Å². The summed E-state index contributed by atoms with van der Waals surface area (Å²) < 4.78 is 5.42. The van der Waals surface area contributed by atoms with E-state index < -0.39 is 11.8 Å². The number of hydrogen-bond acceptors (Lipinski definition) is 5. The molecule has 2 heterocycles. The van der Waals surface area contributed by atoms with Gasteiger partial charge in [-0.2, -0.15) is 0 Å². The molecule has 3 aromatic rings. The zero-order chi connectivity index (χ0) is 22.0. The van der Waals surface area contributed by atoms with E-state index in [1.807, 2.05) is 31.4 Å². The lowest BCUT2D eigenvalue weighted by atomic mass is 10.0. The second kappa shape index (κ2) is 8.73. The molecule has 0 fully saturated rings. The molecule has 0 bridgehead atoms. The number of carbonyl (C=O) groups is 3. The third-order valence-electron chi connectivity index (χ3n) is 5.14. The molecule has 0 atom stereocenters. The SMILES string of the molecule is CCOc1ccc(N2C(=O)c3ccc(C(=O)N(CC)Cc4cccs4)cc3C2=O)cc1. The van der Waals surface area contributed by atoms with Crippen LogP contribution in [0, 0.1) is 0 Å². The Labute approximate surface area is 184 Å². The molecule has 0 radical (unpaired) electrons. The number of thiophene rings is 1. The number of nitrogens with zero attached hydrogens (tertiary/aromatic N) is 2. The predicted octanol–water partition coefficient (Wildman–Crippen LogP) is 4.61. The molecule has 0 saturated heterocycles. The minimum Gasteiger partial charge on any atom is -0.494 e. The maximum atomic E-state index is 13.0. The first-order chi connectivity index (χ1) is 15.0. The van der Waals surface area contributed by atoms with Crippen LogP contribution < -0.4 is 9.64 Å². The van der Waals surface area contributed by atoms with Gasteiger partial charge in [-0.25, -0.2) is 4.90 Å². The summed E-state index contributed by atoms with van der Waals surface area (Å²) in [4.78, 5) is 42.9. The van der Waals surface area contributed by atoms with Crippen LogP contribution in [0.3, 0.4) is 0 Å². The van der Waals surface area contributed by atoms with E-state index in [1.54, 1.807) is 52.6 Å². The van der Waals surface area contributed by atoms with E-state index in [0.29, 0.717) is 42.3 Å². The summed E-state index contributed by atoms with van der Waals surface area (Å²) in [6.45, 7) is 5.39. The van der Waals surface area contributed by atoms with Gasteiger partial charge in [0.05, 0.1) is 30.0 Å². The second-order valence-electron chi connectivity index (χ2n) is 7.03. The summed E-state index contributed by atoms with van der Waals surface area (Å²) in [6, 6.07) is 15.5. The molecule has 3 amide bonds. The van der Waals surface area contributed by atoms with Crippen molar-refractivity contribution in [2.75, 3.05) is 18.1 Å². The Kier molecular flexibility index (Phi) is 5.86. The van der Waals surface area contributed by atoms with E-state index in [-0.39, 0.29) is 11.5 Å². The molecule has 0 unspecified atom stereocenters. The molecule has 0 N–H and O–H groups in total. The smallest absolute Gasteiger partial charge is 0.266 e. The van der Waals surface area contributed by atoms with Gasteiger partial charge in [0, 0.05) is 17.0 Å². The molecule has 6 nitrogen and oxygen atoms in total. The fourth-order valence-electron chi connectivity index (χ4n) is 3.57. The first kappa shape index (κ1) is 20.8. The van der Waals surface area contributed by atoms with Crippen LogP contribution >= 0.6 is 11.3 Å². The highest BCUT2D eigenvalue weighted by molar-refractivity contribution is 7.09. The van der Waals surface area contributed by atoms with Crippen LogP contribution in [-0.2, 0) is 6.54 Å². The van der Waals surface area contributed by atoms with Gasteiger partial charge in [0.25, 0.3) is 17.7 Å². The number of imide groups is 1. The standard InChI is InChI=1S/C24H22N2O4S/c1-3-25(15-19-6-5-13-31-19)22(27)16-7-12-20-21(14-16)24(29)26(23(20)28)17-8-10-18(11-9-17)30-4-2/h5-14H,3-4,15H2,1-2H3. The van der Waals surface area contributed by atoms with Crippen LogP contribution in [0.15, 0.2) is 60.0 Å². The summed E-state index contributed by atoms with van der Waals surface area (Å²) in [5.41, 5.74) is 1.41. The van der Waals surface area contributed by atoms with Gasteiger partial charge in [-0.05, 0) is 67.8 Å². The van der Waals surface area contributed by atoms with Gasteiger partial charge in [-0.1, -0.05) is 6.07 Å². The van der Waals surface area contributed by atoms with Crippen molar-refractivity contribution in [1.29, 1.82) is 0 Å². The molecule has 2 aromatic carbocycles. The maximum Gasteiger partial charge on any atom is 0.266 e. The molecule has 0 aliphatic carbocycles. The molecule has 7 heteroatoms. The van der Waals surface area contributed by atoms with Crippen LogP contribution in [0.1, 0.15) is 49.8 Å². The second-order valence-corrected chi connectivity index (χ2v) is 8.06. The van der Waals surface area contributed by atoms with Gasteiger partial charge in [0.2, 0.25) is 0 Å². The average molecular weight is 435 g/mol. The summed E-state index contributed by atoms with van der Waals surface area (Å²) in [5, 5.41) is 1.98. The largest absolute Gasteiger partial charge is 0.494 e. The predicted molar refractivity (Wildman–Crippen MR) is 120 cm³/mol. The normalized spacial score (nSPS) is 12.8. The van der Waals surface area contributed by atoms with Crippen molar-refractivity contribution in [3.05, 3.63) is 81.5 Å². The van der Waals surface area contributed by atoms with Gasteiger partial charge >= 0.3 is 0 Å². The van der Waals surface area contributed by atoms with Crippen LogP contribution in [-0.4, -0.2) is 35.8 Å². The van der Waals surface area contributed by atoms with Crippen molar-refractivity contribution in [2.45, 2.75) is 20.4 Å². The molecular weight excluding hydrogens is 412 g/mol.